The van der Waals surface area contributed by atoms with E-state index >= 15 is 0 Å². The Hall–Kier alpha value is -3.51. The largest absolute Gasteiger partial charge is 0.385 e. The Labute approximate surface area is 204 Å². The summed E-state index contributed by atoms with van der Waals surface area (Å²) in [5.74, 6) is -2.38. The minimum Gasteiger partial charge on any atom is -0.385 e. The van der Waals surface area contributed by atoms with Crippen LogP contribution in [-0.2, 0) is 16.0 Å². The Morgan fingerprint density at radius 1 is 1.26 bits per heavy atom. The van der Waals surface area contributed by atoms with E-state index in [-0.39, 0.29) is 24.4 Å². The fourth-order valence-corrected chi connectivity index (χ4v) is 5.09. The van der Waals surface area contributed by atoms with Crippen molar-refractivity contribution in [3.8, 4) is 6.07 Å². The first-order chi connectivity index (χ1) is 16.6. The molecular weight excluding hydrogens is 448 g/mol. The first-order valence-corrected chi connectivity index (χ1v) is 11.7. The van der Waals surface area contributed by atoms with Crippen molar-refractivity contribution in [2.75, 3.05) is 6.54 Å². The van der Waals surface area contributed by atoms with Gasteiger partial charge in [-0.05, 0) is 44.1 Å². The lowest BCUT2D eigenvalue weighted by molar-refractivity contribution is -0.137. The number of aromatic nitrogens is 1. The number of benzene rings is 1. The molecule has 1 fully saturated rings. The van der Waals surface area contributed by atoms with E-state index in [1.165, 1.54) is 0 Å². The second kappa shape index (κ2) is 10.8. The molecule has 0 spiro atoms. The number of nitriles is 1. The van der Waals surface area contributed by atoms with Gasteiger partial charge < -0.3 is 20.3 Å². The summed E-state index contributed by atoms with van der Waals surface area (Å²) < 4.78 is 5.09. The standard InChI is InChI=1S/C26H32N4O5/c1-15-20(16(2)35-30-15)24(33)29-19(14-17-8-6-5-7-9-17)23(32)22(31)18-10-11-26(3,4)21(18)25(34)28-13-12-27/h5-9,18-19,21-22,31H,10-11,13-14H2,1-4H3,(H,28,34)(H,29,33)/t18?,19-,21+,22?/m0/s1. The maximum atomic E-state index is 13.6. The second-order valence-electron chi connectivity index (χ2n) is 9.81. The van der Waals surface area contributed by atoms with Crippen molar-refractivity contribution >= 4 is 17.6 Å². The number of Topliss-reactive ketones (excluding diaryl/α,β-unsaturated/α-hetero) is 1. The maximum absolute atomic E-state index is 13.6. The molecule has 0 saturated heterocycles. The maximum Gasteiger partial charge on any atom is 0.257 e. The third-order valence-electron chi connectivity index (χ3n) is 6.91. The Balaban J connectivity index is 1.87. The molecule has 9 heteroatoms. The Morgan fingerprint density at radius 2 is 1.94 bits per heavy atom. The van der Waals surface area contributed by atoms with Gasteiger partial charge in [0.1, 0.15) is 24.0 Å². The number of hydrogen-bond acceptors (Lipinski definition) is 7. The van der Waals surface area contributed by atoms with Gasteiger partial charge in [0.05, 0.1) is 17.8 Å². The highest BCUT2D eigenvalue weighted by Gasteiger charge is 2.51. The van der Waals surface area contributed by atoms with Crippen LogP contribution in [0.15, 0.2) is 34.9 Å². The number of nitrogens with one attached hydrogen (secondary N) is 2. The summed E-state index contributed by atoms with van der Waals surface area (Å²) in [6, 6.07) is 10.0. The zero-order valence-electron chi connectivity index (χ0n) is 20.5. The van der Waals surface area contributed by atoms with Crippen LogP contribution < -0.4 is 10.6 Å². The van der Waals surface area contributed by atoms with Gasteiger partial charge in [-0.25, -0.2) is 0 Å². The van der Waals surface area contributed by atoms with Crippen molar-refractivity contribution in [3.63, 3.8) is 0 Å². The van der Waals surface area contributed by atoms with E-state index < -0.39 is 41.1 Å². The molecule has 1 saturated carbocycles. The van der Waals surface area contributed by atoms with E-state index in [0.29, 0.717) is 24.3 Å². The number of carbonyl (C=O) groups is 3. The zero-order valence-corrected chi connectivity index (χ0v) is 20.5. The SMILES string of the molecule is Cc1noc(C)c1C(=O)N[C@@H](Cc1ccccc1)C(=O)C(O)C1CCC(C)(C)[C@H]1C(=O)NCC#N. The lowest BCUT2D eigenvalue weighted by atomic mass is 9.75. The van der Waals surface area contributed by atoms with Gasteiger partial charge >= 0.3 is 0 Å². The van der Waals surface area contributed by atoms with Crippen LogP contribution in [0.1, 0.15) is 54.1 Å². The zero-order chi connectivity index (χ0) is 25.8. The normalized spacial score (nSPS) is 20.5. The minimum atomic E-state index is -1.46. The van der Waals surface area contributed by atoms with E-state index in [9.17, 15) is 19.5 Å². The summed E-state index contributed by atoms with van der Waals surface area (Å²) >= 11 is 0. The van der Waals surface area contributed by atoms with Crippen LogP contribution >= 0.6 is 0 Å². The molecule has 3 rings (SSSR count). The summed E-state index contributed by atoms with van der Waals surface area (Å²) in [6.45, 7) is 6.94. The summed E-state index contributed by atoms with van der Waals surface area (Å²) in [5.41, 5.74) is 1.01. The van der Waals surface area contributed by atoms with Crippen LogP contribution in [0.25, 0.3) is 0 Å². The molecular formula is C26H32N4O5. The summed E-state index contributed by atoms with van der Waals surface area (Å²) in [4.78, 5) is 39.5. The van der Waals surface area contributed by atoms with Gasteiger partial charge in [0, 0.05) is 11.8 Å². The Kier molecular flexibility index (Phi) is 8.07. The number of aryl methyl sites for hydroxylation is 2. The highest BCUT2D eigenvalue weighted by atomic mass is 16.5. The van der Waals surface area contributed by atoms with Crippen molar-refractivity contribution in [2.45, 2.75) is 59.1 Å². The number of hydrogen-bond donors (Lipinski definition) is 3. The smallest absolute Gasteiger partial charge is 0.257 e. The number of aliphatic hydroxyl groups is 1. The molecule has 0 bridgehead atoms. The third-order valence-corrected chi connectivity index (χ3v) is 6.91. The summed E-state index contributed by atoms with van der Waals surface area (Å²) in [7, 11) is 0. The fraction of sp³-hybridized carbons (Fsp3) is 0.500. The Morgan fingerprint density at radius 3 is 2.54 bits per heavy atom. The highest BCUT2D eigenvalue weighted by Crippen LogP contribution is 2.48. The van der Waals surface area contributed by atoms with E-state index in [2.05, 4.69) is 15.8 Å². The van der Waals surface area contributed by atoms with Crippen LogP contribution in [0.4, 0.5) is 0 Å². The predicted octanol–water partition coefficient (Wildman–Crippen LogP) is 2.25. The number of amides is 2. The van der Waals surface area contributed by atoms with Crippen LogP contribution in [0, 0.1) is 42.4 Å². The summed E-state index contributed by atoms with van der Waals surface area (Å²) in [6.07, 6.45) is -0.178. The first-order valence-electron chi connectivity index (χ1n) is 11.7. The molecule has 9 nitrogen and oxygen atoms in total. The van der Waals surface area contributed by atoms with Crippen LogP contribution in [0.2, 0.25) is 0 Å². The van der Waals surface area contributed by atoms with E-state index in [0.717, 1.165) is 5.56 Å². The van der Waals surface area contributed by atoms with Gasteiger partial charge in [-0.15, -0.1) is 0 Å². The predicted molar refractivity (Wildman–Crippen MR) is 127 cm³/mol. The van der Waals surface area contributed by atoms with E-state index in [4.69, 9.17) is 9.78 Å². The van der Waals surface area contributed by atoms with Crippen LogP contribution in [0.5, 0.6) is 0 Å². The van der Waals surface area contributed by atoms with Crippen molar-refractivity contribution in [3.05, 3.63) is 52.9 Å². The molecule has 186 valence electrons. The topological polar surface area (TPSA) is 145 Å². The van der Waals surface area contributed by atoms with Crippen molar-refractivity contribution in [1.82, 2.24) is 15.8 Å². The van der Waals surface area contributed by atoms with Gasteiger partial charge in [-0.3, -0.25) is 14.4 Å². The molecule has 2 amide bonds. The summed E-state index contributed by atoms with van der Waals surface area (Å²) in [5, 5.41) is 29.2. The van der Waals surface area contributed by atoms with Crippen LogP contribution in [0.3, 0.4) is 0 Å². The molecule has 3 N–H and O–H groups in total. The number of aliphatic hydroxyl groups excluding tert-OH is 1. The molecule has 0 aliphatic heterocycles. The van der Waals surface area contributed by atoms with Gasteiger partial charge in [-0.1, -0.05) is 49.3 Å². The highest BCUT2D eigenvalue weighted by molar-refractivity contribution is 6.00. The lowest BCUT2D eigenvalue weighted by Gasteiger charge is -2.32. The van der Waals surface area contributed by atoms with E-state index in [1.807, 2.05) is 50.2 Å². The van der Waals surface area contributed by atoms with Gasteiger partial charge in [-0.2, -0.15) is 5.26 Å². The molecule has 2 aromatic rings. The molecule has 1 aromatic heterocycles. The van der Waals surface area contributed by atoms with Crippen molar-refractivity contribution < 1.29 is 24.0 Å². The molecule has 1 heterocycles. The van der Waals surface area contributed by atoms with Gasteiger partial charge in [0.25, 0.3) is 5.91 Å². The number of ketones is 1. The fourth-order valence-electron chi connectivity index (χ4n) is 5.09. The third kappa shape index (κ3) is 5.77. The molecule has 1 aromatic carbocycles. The molecule has 1 aliphatic rings. The molecule has 2 unspecified atom stereocenters. The quantitative estimate of drug-likeness (QED) is 0.467. The molecule has 1 aliphatic carbocycles. The van der Waals surface area contributed by atoms with E-state index in [1.54, 1.807) is 13.8 Å². The van der Waals surface area contributed by atoms with Gasteiger partial charge in [0.2, 0.25) is 5.91 Å². The monoisotopic (exact) mass is 480 g/mol. The van der Waals surface area contributed by atoms with Crippen molar-refractivity contribution in [2.24, 2.45) is 17.3 Å². The van der Waals surface area contributed by atoms with Crippen molar-refractivity contribution in [1.29, 1.82) is 5.26 Å². The average molecular weight is 481 g/mol. The number of nitrogens with zero attached hydrogens (tertiary/aromatic N) is 2. The molecule has 4 atom stereocenters. The van der Waals surface area contributed by atoms with Crippen LogP contribution in [-0.4, -0.2) is 46.6 Å². The molecule has 0 radical (unpaired) electrons. The van der Waals surface area contributed by atoms with Gasteiger partial charge in [0.15, 0.2) is 5.78 Å². The molecule has 35 heavy (non-hydrogen) atoms. The minimum absolute atomic E-state index is 0.147. The number of carbonyl (C=O) groups excluding carboxylic acids is 3. The number of rotatable bonds is 9. The first kappa shape index (κ1) is 26.1. The second-order valence-corrected chi connectivity index (χ2v) is 9.81. The Bertz CT molecular complexity index is 1100. The lowest BCUT2D eigenvalue weighted by Crippen LogP contribution is -2.51. The average Bonchev–Trinajstić information content (AvgIpc) is 3.33.